The van der Waals surface area contributed by atoms with Gasteiger partial charge in [0.15, 0.2) is 0 Å². The van der Waals surface area contributed by atoms with E-state index in [4.69, 9.17) is 4.98 Å². The highest BCUT2D eigenvalue weighted by Gasteiger charge is 2.20. The highest BCUT2D eigenvalue weighted by atomic mass is 19.1. The molecule has 0 unspecified atom stereocenters. The van der Waals surface area contributed by atoms with E-state index in [1.807, 2.05) is 24.4 Å². The molecule has 1 N–H and O–H groups in total. The second-order valence-electron chi connectivity index (χ2n) is 7.96. The number of nitrogens with zero attached hydrogens (tertiary/aromatic N) is 4. The van der Waals surface area contributed by atoms with Gasteiger partial charge in [-0.3, -0.25) is 4.90 Å². The van der Waals surface area contributed by atoms with E-state index in [1.54, 1.807) is 0 Å². The van der Waals surface area contributed by atoms with E-state index in [-0.39, 0.29) is 5.82 Å². The lowest BCUT2D eigenvalue weighted by molar-refractivity contribution is 0.211. The fraction of sp³-hybridized carbons (Fsp3) is 0.545. The average molecular weight is 384 g/mol. The maximum absolute atomic E-state index is 13.1. The second kappa shape index (κ2) is 9.32. The number of halogens is 1. The predicted molar refractivity (Wildman–Crippen MR) is 111 cm³/mol. The molecule has 0 radical (unpaired) electrons. The summed E-state index contributed by atoms with van der Waals surface area (Å²) in [5, 5.41) is 3.54. The molecule has 28 heavy (non-hydrogen) atoms. The SMILES string of the molecule is Fc1ccc(CN2CCC(Nc3nccc(N4CCCCCC4)n3)CC2)cc1. The number of nitrogens with one attached hydrogen (secondary N) is 1. The molecule has 1 aromatic heterocycles. The Kier molecular flexibility index (Phi) is 6.37. The minimum Gasteiger partial charge on any atom is -0.356 e. The summed E-state index contributed by atoms with van der Waals surface area (Å²) in [5.41, 5.74) is 1.17. The highest BCUT2D eigenvalue weighted by molar-refractivity contribution is 5.43. The van der Waals surface area contributed by atoms with Crippen LogP contribution in [0.5, 0.6) is 0 Å². The molecule has 0 saturated carbocycles. The van der Waals surface area contributed by atoms with Crippen molar-refractivity contribution in [3.63, 3.8) is 0 Å². The number of anilines is 2. The molecule has 3 heterocycles. The highest BCUT2D eigenvalue weighted by Crippen LogP contribution is 2.20. The van der Waals surface area contributed by atoms with E-state index in [0.29, 0.717) is 6.04 Å². The molecule has 0 spiro atoms. The van der Waals surface area contributed by atoms with Crippen molar-refractivity contribution in [2.75, 3.05) is 36.4 Å². The van der Waals surface area contributed by atoms with Gasteiger partial charge in [0.1, 0.15) is 11.6 Å². The predicted octanol–water partition coefficient (Wildman–Crippen LogP) is 4.07. The van der Waals surface area contributed by atoms with Crippen LogP contribution in [-0.4, -0.2) is 47.1 Å². The Balaban J connectivity index is 1.28. The van der Waals surface area contributed by atoms with Gasteiger partial charge in [0.2, 0.25) is 5.95 Å². The van der Waals surface area contributed by atoms with Crippen LogP contribution < -0.4 is 10.2 Å². The summed E-state index contributed by atoms with van der Waals surface area (Å²) >= 11 is 0. The third-order valence-electron chi connectivity index (χ3n) is 5.81. The molecule has 4 rings (SSSR count). The fourth-order valence-electron chi connectivity index (χ4n) is 4.16. The topological polar surface area (TPSA) is 44.3 Å². The Morgan fingerprint density at radius 1 is 0.929 bits per heavy atom. The third-order valence-corrected chi connectivity index (χ3v) is 5.81. The number of likely N-dealkylation sites (tertiary alicyclic amines) is 1. The van der Waals surface area contributed by atoms with Crippen molar-refractivity contribution >= 4 is 11.8 Å². The van der Waals surface area contributed by atoms with Crippen molar-refractivity contribution in [3.05, 3.63) is 47.9 Å². The number of piperidine rings is 1. The van der Waals surface area contributed by atoms with E-state index in [2.05, 4.69) is 20.1 Å². The maximum Gasteiger partial charge on any atom is 0.224 e. The van der Waals surface area contributed by atoms with Gasteiger partial charge in [-0.25, -0.2) is 9.37 Å². The minimum atomic E-state index is -0.172. The van der Waals surface area contributed by atoms with Crippen molar-refractivity contribution in [1.29, 1.82) is 0 Å². The Hall–Kier alpha value is -2.21. The van der Waals surface area contributed by atoms with Crippen LogP contribution >= 0.6 is 0 Å². The largest absolute Gasteiger partial charge is 0.356 e. The number of hydrogen-bond donors (Lipinski definition) is 1. The zero-order chi connectivity index (χ0) is 19.2. The Morgan fingerprint density at radius 2 is 1.64 bits per heavy atom. The quantitative estimate of drug-likeness (QED) is 0.843. The lowest BCUT2D eigenvalue weighted by Gasteiger charge is -2.32. The molecule has 2 saturated heterocycles. The Morgan fingerprint density at radius 3 is 2.36 bits per heavy atom. The zero-order valence-corrected chi connectivity index (χ0v) is 16.5. The van der Waals surface area contributed by atoms with Crippen LogP contribution in [0.3, 0.4) is 0 Å². The molecule has 150 valence electrons. The van der Waals surface area contributed by atoms with E-state index < -0.39 is 0 Å². The lowest BCUT2D eigenvalue weighted by Crippen LogP contribution is -2.39. The molecule has 0 atom stereocenters. The first-order chi connectivity index (χ1) is 13.8. The van der Waals surface area contributed by atoms with Gasteiger partial charge in [0.05, 0.1) is 0 Å². The lowest BCUT2D eigenvalue weighted by atomic mass is 10.0. The number of hydrogen-bond acceptors (Lipinski definition) is 5. The number of rotatable bonds is 5. The number of benzene rings is 1. The first kappa shape index (κ1) is 19.1. The first-order valence-corrected chi connectivity index (χ1v) is 10.6. The molecule has 0 aliphatic carbocycles. The van der Waals surface area contributed by atoms with Gasteiger partial charge in [-0.2, -0.15) is 4.98 Å². The molecule has 2 aliphatic rings. The Labute approximate surface area is 167 Å². The number of aromatic nitrogens is 2. The summed E-state index contributed by atoms with van der Waals surface area (Å²) in [5.74, 6) is 1.63. The van der Waals surface area contributed by atoms with E-state index >= 15 is 0 Å². The van der Waals surface area contributed by atoms with Crippen LogP contribution in [0.1, 0.15) is 44.1 Å². The summed E-state index contributed by atoms with van der Waals surface area (Å²) in [7, 11) is 0. The van der Waals surface area contributed by atoms with Gasteiger partial charge in [0.25, 0.3) is 0 Å². The first-order valence-electron chi connectivity index (χ1n) is 10.6. The van der Waals surface area contributed by atoms with Crippen molar-refractivity contribution in [1.82, 2.24) is 14.9 Å². The van der Waals surface area contributed by atoms with E-state index in [9.17, 15) is 4.39 Å². The summed E-state index contributed by atoms with van der Waals surface area (Å²) in [4.78, 5) is 14.1. The summed E-state index contributed by atoms with van der Waals surface area (Å²) in [6.45, 7) is 5.13. The van der Waals surface area contributed by atoms with Gasteiger partial charge < -0.3 is 10.2 Å². The summed E-state index contributed by atoms with van der Waals surface area (Å²) < 4.78 is 13.1. The molecule has 6 heteroatoms. The zero-order valence-electron chi connectivity index (χ0n) is 16.5. The van der Waals surface area contributed by atoms with Gasteiger partial charge in [-0.15, -0.1) is 0 Å². The normalized spacial score (nSPS) is 19.4. The van der Waals surface area contributed by atoms with Gasteiger partial charge in [-0.1, -0.05) is 25.0 Å². The standard InChI is InChI=1S/C22H30FN5/c23-19-7-5-18(6-8-19)17-27-15-10-20(11-16-27)25-22-24-12-9-21(26-22)28-13-3-1-2-4-14-28/h5-9,12,20H,1-4,10-11,13-17H2,(H,24,25,26). The molecular weight excluding hydrogens is 353 g/mol. The Bertz CT molecular complexity index is 735. The molecular formula is C22H30FN5. The van der Waals surface area contributed by atoms with Crippen molar-refractivity contribution < 1.29 is 4.39 Å². The van der Waals surface area contributed by atoms with E-state index in [1.165, 1.54) is 43.4 Å². The summed E-state index contributed by atoms with van der Waals surface area (Å²) in [6, 6.07) is 9.27. The molecule has 0 amide bonds. The minimum absolute atomic E-state index is 0.172. The van der Waals surface area contributed by atoms with Crippen LogP contribution in [0.15, 0.2) is 36.5 Å². The van der Waals surface area contributed by atoms with Gasteiger partial charge in [0, 0.05) is 45.0 Å². The maximum atomic E-state index is 13.1. The molecule has 0 bridgehead atoms. The monoisotopic (exact) mass is 383 g/mol. The molecule has 2 aromatic rings. The smallest absolute Gasteiger partial charge is 0.224 e. The van der Waals surface area contributed by atoms with Crippen molar-refractivity contribution in [2.24, 2.45) is 0 Å². The van der Waals surface area contributed by atoms with Crippen LogP contribution in [-0.2, 0) is 6.54 Å². The average Bonchev–Trinajstić information content (AvgIpc) is 3.01. The van der Waals surface area contributed by atoms with Crippen LogP contribution in [0.2, 0.25) is 0 Å². The molecule has 1 aromatic carbocycles. The third kappa shape index (κ3) is 5.19. The van der Waals surface area contributed by atoms with Crippen LogP contribution in [0.4, 0.5) is 16.2 Å². The molecule has 2 aliphatic heterocycles. The van der Waals surface area contributed by atoms with Crippen molar-refractivity contribution in [3.8, 4) is 0 Å². The second-order valence-corrected chi connectivity index (χ2v) is 7.96. The van der Waals surface area contributed by atoms with Crippen molar-refractivity contribution in [2.45, 2.75) is 51.1 Å². The van der Waals surface area contributed by atoms with Gasteiger partial charge >= 0.3 is 0 Å². The fourth-order valence-corrected chi connectivity index (χ4v) is 4.16. The van der Waals surface area contributed by atoms with Crippen LogP contribution in [0, 0.1) is 5.82 Å². The van der Waals surface area contributed by atoms with Gasteiger partial charge in [-0.05, 0) is 49.4 Å². The summed E-state index contributed by atoms with van der Waals surface area (Å²) in [6.07, 6.45) is 9.15. The van der Waals surface area contributed by atoms with Crippen LogP contribution in [0.25, 0.3) is 0 Å². The molecule has 5 nitrogen and oxygen atoms in total. The van der Waals surface area contributed by atoms with E-state index in [0.717, 1.165) is 57.3 Å². The molecule has 2 fully saturated rings.